The maximum atomic E-state index is 11.2. The Labute approximate surface area is 121 Å². The lowest BCUT2D eigenvalue weighted by Crippen LogP contribution is -2.19. The zero-order valence-corrected chi connectivity index (χ0v) is 12.1. The third-order valence-electron chi connectivity index (χ3n) is 2.92. The van der Waals surface area contributed by atoms with Gasteiger partial charge >= 0.3 is 6.17 Å². The van der Waals surface area contributed by atoms with Gasteiger partial charge in [0.2, 0.25) is 0 Å². The summed E-state index contributed by atoms with van der Waals surface area (Å²) in [6, 6.07) is 8.91. The van der Waals surface area contributed by atoms with Gasteiger partial charge in [-0.25, -0.2) is 4.98 Å². The van der Waals surface area contributed by atoms with E-state index in [1.165, 1.54) is 11.3 Å². The van der Waals surface area contributed by atoms with E-state index in [0.717, 1.165) is 25.0 Å². The normalized spacial score (nSPS) is 12.1. The molecule has 0 aliphatic carbocycles. The molecule has 1 N–H and O–H groups in total. The Morgan fingerprint density at radius 1 is 1.40 bits per heavy atom. The Bertz CT molecular complexity index is 557. The molecular formula is C14H17N3O2S. The van der Waals surface area contributed by atoms with E-state index in [1.807, 2.05) is 11.4 Å². The van der Waals surface area contributed by atoms with Crippen LogP contribution in [0.15, 0.2) is 35.7 Å². The number of nitrogens with zero attached hydrogens (tertiary/aromatic N) is 2. The fourth-order valence-electron chi connectivity index (χ4n) is 1.86. The topological polar surface area (TPSA) is 68.1 Å². The summed E-state index contributed by atoms with van der Waals surface area (Å²) < 4.78 is 0. The van der Waals surface area contributed by atoms with Crippen molar-refractivity contribution in [2.75, 3.05) is 5.32 Å². The molecule has 1 atom stereocenters. The minimum atomic E-state index is -0.957. The summed E-state index contributed by atoms with van der Waals surface area (Å²) >= 11 is 1.41. The van der Waals surface area contributed by atoms with Crippen LogP contribution in [-0.4, -0.2) is 9.91 Å². The van der Waals surface area contributed by atoms with Crippen molar-refractivity contribution in [1.29, 1.82) is 0 Å². The Morgan fingerprint density at radius 2 is 2.15 bits per heavy atom. The number of thiazole rings is 1. The molecule has 1 aromatic carbocycles. The zero-order valence-electron chi connectivity index (χ0n) is 11.3. The van der Waals surface area contributed by atoms with Gasteiger partial charge in [-0.05, 0) is 12.8 Å². The van der Waals surface area contributed by atoms with Crippen LogP contribution in [0.1, 0.15) is 37.2 Å². The third-order valence-corrected chi connectivity index (χ3v) is 3.75. The van der Waals surface area contributed by atoms with Gasteiger partial charge in [-0.15, -0.1) is 11.3 Å². The smallest absolute Gasteiger partial charge is 0.295 e. The van der Waals surface area contributed by atoms with Gasteiger partial charge in [-0.2, -0.15) is 0 Å². The molecule has 1 aromatic heterocycles. The highest BCUT2D eigenvalue weighted by atomic mass is 32.1. The molecule has 0 fully saturated rings. The third kappa shape index (κ3) is 3.77. The zero-order chi connectivity index (χ0) is 14.4. The summed E-state index contributed by atoms with van der Waals surface area (Å²) in [7, 11) is 0. The van der Waals surface area contributed by atoms with Crippen molar-refractivity contribution in [1.82, 2.24) is 4.98 Å². The molecule has 0 bridgehead atoms. The van der Waals surface area contributed by atoms with Crippen LogP contribution in [0.5, 0.6) is 0 Å². The Balaban J connectivity index is 2.09. The van der Waals surface area contributed by atoms with Crippen LogP contribution >= 0.6 is 11.3 Å². The van der Waals surface area contributed by atoms with Crippen molar-refractivity contribution in [2.45, 2.75) is 32.4 Å². The van der Waals surface area contributed by atoms with Gasteiger partial charge in [-0.1, -0.05) is 43.7 Å². The average molecular weight is 291 g/mol. The van der Waals surface area contributed by atoms with E-state index in [4.69, 9.17) is 0 Å². The predicted octanol–water partition coefficient (Wildman–Crippen LogP) is 3.87. The van der Waals surface area contributed by atoms with Crippen LogP contribution < -0.4 is 5.32 Å². The van der Waals surface area contributed by atoms with Crippen molar-refractivity contribution >= 4 is 16.5 Å². The molecule has 0 saturated carbocycles. The summed E-state index contributed by atoms with van der Waals surface area (Å²) in [4.78, 5) is 15.3. The molecule has 0 spiro atoms. The number of aryl methyl sites for hydroxylation is 1. The number of nitro groups is 1. The van der Waals surface area contributed by atoms with E-state index in [-0.39, 0.29) is 4.92 Å². The quantitative estimate of drug-likeness (QED) is 0.477. The molecule has 1 unspecified atom stereocenters. The SMILES string of the molecule is CCCCc1csc(NC(c2ccccc2)[N+](=O)[O-])n1. The minimum absolute atomic E-state index is 0.331. The first-order chi connectivity index (χ1) is 9.70. The Morgan fingerprint density at radius 3 is 2.80 bits per heavy atom. The van der Waals surface area contributed by atoms with Gasteiger partial charge in [0.1, 0.15) is 0 Å². The number of rotatable bonds is 7. The number of hydrogen-bond donors (Lipinski definition) is 1. The van der Waals surface area contributed by atoms with Crippen molar-refractivity contribution in [3.8, 4) is 0 Å². The average Bonchev–Trinajstić information content (AvgIpc) is 2.91. The van der Waals surface area contributed by atoms with Crippen molar-refractivity contribution < 1.29 is 4.92 Å². The van der Waals surface area contributed by atoms with E-state index in [2.05, 4.69) is 17.2 Å². The van der Waals surface area contributed by atoms with Crippen LogP contribution in [0.2, 0.25) is 0 Å². The predicted molar refractivity (Wildman–Crippen MR) is 80.5 cm³/mol. The maximum Gasteiger partial charge on any atom is 0.312 e. The summed E-state index contributed by atoms with van der Waals surface area (Å²) in [5, 5.41) is 16.7. The van der Waals surface area contributed by atoms with Crippen LogP contribution in [0.25, 0.3) is 0 Å². The van der Waals surface area contributed by atoms with Gasteiger partial charge < -0.3 is 0 Å². The molecule has 0 aliphatic heterocycles. The van der Waals surface area contributed by atoms with Crippen molar-refractivity contribution in [3.05, 3.63) is 57.1 Å². The number of hydrogen-bond acceptors (Lipinski definition) is 5. The Kier molecular flexibility index (Phi) is 5.06. The molecule has 20 heavy (non-hydrogen) atoms. The molecule has 0 saturated heterocycles. The van der Waals surface area contributed by atoms with E-state index >= 15 is 0 Å². The van der Waals surface area contributed by atoms with Crippen molar-refractivity contribution in [2.24, 2.45) is 0 Å². The highest BCUT2D eigenvalue weighted by Crippen LogP contribution is 2.23. The second-order valence-electron chi connectivity index (χ2n) is 4.49. The molecule has 2 aromatic rings. The summed E-state index contributed by atoms with van der Waals surface area (Å²) in [5.41, 5.74) is 1.62. The molecular weight excluding hydrogens is 274 g/mol. The Hall–Kier alpha value is -1.95. The van der Waals surface area contributed by atoms with Gasteiger partial charge in [0, 0.05) is 10.9 Å². The maximum absolute atomic E-state index is 11.2. The van der Waals surface area contributed by atoms with Crippen LogP contribution in [-0.2, 0) is 6.42 Å². The molecule has 1 heterocycles. The first kappa shape index (κ1) is 14.5. The summed E-state index contributed by atoms with van der Waals surface area (Å²) in [6.07, 6.45) is 2.16. The van der Waals surface area contributed by atoms with Crippen LogP contribution in [0.4, 0.5) is 5.13 Å². The fraction of sp³-hybridized carbons (Fsp3) is 0.357. The largest absolute Gasteiger partial charge is 0.312 e. The minimum Gasteiger partial charge on any atom is -0.295 e. The first-order valence-corrected chi connectivity index (χ1v) is 7.48. The summed E-state index contributed by atoms with van der Waals surface area (Å²) in [5.74, 6) is 0. The molecule has 6 heteroatoms. The van der Waals surface area contributed by atoms with E-state index < -0.39 is 6.17 Å². The molecule has 0 amide bonds. The van der Waals surface area contributed by atoms with Gasteiger partial charge in [0.15, 0.2) is 5.13 Å². The van der Waals surface area contributed by atoms with Crippen LogP contribution in [0, 0.1) is 10.1 Å². The van der Waals surface area contributed by atoms with Gasteiger partial charge in [0.05, 0.1) is 10.6 Å². The fourth-order valence-corrected chi connectivity index (χ4v) is 2.62. The molecule has 2 rings (SSSR count). The number of unbranched alkanes of at least 4 members (excludes halogenated alkanes) is 1. The lowest BCUT2D eigenvalue weighted by molar-refractivity contribution is -0.521. The number of aromatic nitrogens is 1. The van der Waals surface area contributed by atoms with Crippen LogP contribution in [0.3, 0.4) is 0 Å². The number of anilines is 1. The summed E-state index contributed by atoms with van der Waals surface area (Å²) in [6.45, 7) is 2.13. The second kappa shape index (κ2) is 7.00. The number of nitrogens with one attached hydrogen (secondary N) is 1. The lowest BCUT2D eigenvalue weighted by Gasteiger charge is -2.10. The highest BCUT2D eigenvalue weighted by molar-refractivity contribution is 7.13. The molecule has 5 nitrogen and oxygen atoms in total. The van der Waals surface area contributed by atoms with Gasteiger partial charge in [0.25, 0.3) is 0 Å². The standard InChI is InChI=1S/C14H17N3O2S/c1-2-3-9-12-10-20-14(15-12)16-13(17(18)19)11-7-5-4-6-8-11/h4-8,10,13H,2-3,9H2,1H3,(H,15,16). The molecule has 106 valence electrons. The second-order valence-corrected chi connectivity index (χ2v) is 5.35. The first-order valence-electron chi connectivity index (χ1n) is 6.60. The highest BCUT2D eigenvalue weighted by Gasteiger charge is 2.23. The van der Waals surface area contributed by atoms with Crippen molar-refractivity contribution in [3.63, 3.8) is 0 Å². The van der Waals surface area contributed by atoms with Gasteiger partial charge in [-0.3, -0.25) is 15.4 Å². The number of benzene rings is 1. The monoisotopic (exact) mass is 291 g/mol. The lowest BCUT2D eigenvalue weighted by atomic mass is 10.2. The molecule has 0 radical (unpaired) electrons. The van der Waals surface area contributed by atoms with E-state index in [9.17, 15) is 10.1 Å². The molecule has 0 aliphatic rings. The van der Waals surface area contributed by atoms with E-state index in [1.54, 1.807) is 24.3 Å². The van der Waals surface area contributed by atoms with E-state index in [0.29, 0.717) is 10.7 Å².